The number of oxazole rings is 2. The van der Waals surface area contributed by atoms with Gasteiger partial charge in [0.15, 0.2) is 5.76 Å². The molecular weight excluding hydrogens is 628 g/mol. The molecule has 1 fully saturated rings. The van der Waals surface area contributed by atoms with Crippen molar-refractivity contribution in [1.82, 2.24) is 25.2 Å². The van der Waals surface area contributed by atoms with Crippen LogP contribution in [0.25, 0.3) is 22.2 Å². The molecule has 0 saturated carbocycles. The fourth-order valence-corrected chi connectivity index (χ4v) is 6.08. The second kappa shape index (κ2) is 14.2. The molecule has 13 heteroatoms. The highest BCUT2D eigenvalue weighted by Crippen LogP contribution is 2.36. The van der Waals surface area contributed by atoms with Crippen LogP contribution in [0.4, 0.5) is 4.79 Å². The third kappa shape index (κ3) is 8.33. The lowest BCUT2D eigenvalue weighted by Gasteiger charge is -2.37. The van der Waals surface area contributed by atoms with Gasteiger partial charge in [-0.25, -0.2) is 14.8 Å². The summed E-state index contributed by atoms with van der Waals surface area (Å²) in [5, 5.41) is 8.25. The SMILES string of the molecule is Cc1ccc2cc(-c3cnc(C(CCCCCC(=O)c4ncco4)NC(=O)C4=NOC5(CCN(C(=O)OC(C)(C)C)CC5)C4)o3)ccc2n1. The van der Waals surface area contributed by atoms with Crippen LogP contribution in [0.5, 0.6) is 0 Å². The van der Waals surface area contributed by atoms with Crippen molar-refractivity contribution < 1.29 is 32.8 Å². The minimum atomic E-state index is -0.643. The maximum Gasteiger partial charge on any atom is 0.410 e. The van der Waals surface area contributed by atoms with Gasteiger partial charge in [0.25, 0.3) is 11.8 Å². The smallest absolute Gasteiger partial charge is 0.410 e. The molecule has 1 atom stereocenters. The topological polar surface area (TPSA) is 162 Å². The Morgan fingerprint density at radius 1 is 1.06 bits per heavy atom. The van der Waals surface area contributed by atoms with E-state index in [-0.39, 0.29) is 29.4 Å². The van der Waals surface area contributed by atoms with Crippen molar-refractivity contribution in [2.45, 2.75) is 96.3 Å². The molecule has 2 amide bonds. The van der Waals surface area contributed by atoms with Crippen LogP contribution in [-0.4, -0.2) is 67.6 Å². The van der Waals surface area contributed by atoms with Gasteiger partial charge in [-0.2, -0.15) is 0 Å². The van der Waals surface area contributed by atoms with E-state index in [0.717, 1.165) is 28.6 Å². The van der Waals surface area contributed by atoms with E-state index in [1.54, 1.807) is 11.1 Å². The number of piperidine rings is 1. The zero-order valence-corrected chi connectivity index (χ0v) is 28.4. The fraction of sp³-hybridized carbons (Fsp3) is 0.472. The number of unbranched alkanes of at least 4 members (excludes halogenated alkanes) is 2. The third-order valence-electron chi connectivity index (χ3n) is 8.74. The van der Waals surface area contributed by atoms with E-state index in [1.807, 2.05) is 58.0 Å². The highest BCUT2D eigenvalue weighted by Gasteiger charge is 2.45. The maximum absolute atomic E-state index is 13.6. The number of Topliss-reactive ketones (excluding diaryl/α,β-unsaturated/α-hetero) is 1. The zero-order valence-electron chi connectivity index (χ0n) is 28.4. The van der Waals surface area contributed by atoms with Gasteiger partial charge in [0.1, 0.15) is 29.2 Å². The summed E-state index contributed by atoms with van der Waals surface area (Å²) in [5.74, 6) is 0.567. The maximum atomic E-state index is 13.6. The van der Waals surface area contributed by atoms with Crippen LogP contribution in [0, 0.1) is 6.92 Å². The number of ether oxygens (including phenoxy) is 1. The predicted octanol–water partition coefficient (Wildman–Crippen LogP) is 6.72. The molecule has 4 aromatic rings. The van der Waals surface area contributed by atoms with Gasteiger partial charge in [-0.3, -0.25) is 14.6 Å². The molecule has 0 aliphatic carbocycles. The van der Waals surface area contributed by atoms with E-state index >= 15 is 0 Å². The molecule has 2 aliphatic rings. The van der Waals surface area contributed by atoms with Crippen LogP contribution in [0.15, 0.2) is 63.0 Å². The lowest BCUT2D eigenvalue weighted by Crippen LogP contribution is -2.48. The Labute approximate surface area is 284 Å². The summed E-state index contributed by atoms with van der Waals surface area (Å²) in [6, 6.07) is 9.34. The minimum Gasteiger partial charge on any atom is -0.444 e. The molecule has 1 N–H and O–H groups in total. The number of pyridine rings is 1. The fourth-order valence-electron chi connectivity index (χ4n) is 6.08. The number of aryl methyl sites for hydroxylation is 1. The van der Waals surface area contributed by atoms with Gasteiger partial charge in [0, 0.05) is 55.4 Å². The van der Waals surface area contributed by atoms with Crippen molar-refractivity contribution in [3.63, 3.8) is 0 Å². The molecule has 1 spiro atoms. The number of fused-ring (bicyclic) bond motifs is 1. The normalized spacial score (nSPS) is 16.3. The van der Waals surface area contributed by atoms with Gasteiger partial charge in [0.2, 0.25) is 11.7 Å². The molecule has 49 heavy (non-hydrogen) atoms. The summed E-state index contributed by atoms with van der Waals surface area (Å²) >= 11 is 0. The molecule has 0 bridgehead atoms. The van der Waals surface area contributed by atoms with Crippen molar-refractivity contribution in [2.24, 2.45) is 5.16 Å². The quantitative estimate of drug-likeness (QED) is 0.134. The number of likely N-dealkylation sites (tertiary alicyclic amines) is 1. The molecule has 0 radical (unpaired) electrons. The van der Waals surface area contributed by atoms with Gasteiger partial charge in [-0.05, 0) is 64.8 Å². The summed E-state index contributed by atoms with van der Waals surface area (Å²) in [7, 11) is 0. The number of hydrogen-bond donors (Lipinski definition) is 1. The highest BCUT2D eigenvalue weighted by atomic mass is 16.7. The third-order valence-corrected chi connectivity index (χ3v) is 8.74. The van der Waals surface area contributed by atoms with Gasteiger partial charge in [-0.15, -0.1) is 0 Å². The molecular formula is C36H42N6O7. The van der Waals surface area contributed by atoms with Gasteiger partial charge in [0.05, 0.1) is 17.9 Å². The van der Waals surface area contributed by atoms with Crippen LogP contribution >= 0.6 is 0 Å². The molecule has 258 valence electrons. The predicted molar refractivity (Wildman–Crippen MR) is 180 cm³/mol. The Bertz CT molecular complexity index is 1830. The number of aromatic nitrogens is 3. The van der Waals surface area contributed by atoms with Gasteiger partial charge in [-0.1, -0.05) is 24.1 Å². The first-order chi connectivity index (χ1) is 23.5. The van der Waals surface area contributed by atoms with Crippen molar-refractivity contribution >= 4 is 34.4 Å². The van der Waals surface area contributed by atoms with Gasteiger partial charge >= 0.3 is 6.09 Å². The Hall–Kier alpha value is -5.07. The summed E-state index contributed by atoms with van der Waals surface area (Å²) in [4.78, 5) is 59.0. The first-order valence-electron chi connectivity index (χ1n) is 16.8. The average Bonchev–Trinajstić information content (AvgIpc) is 3.86. The van der Waals surface area contributed by atoms with Crippen LogP contribution in [-0.2, 0) is 14.4 Å². The van der Waals surface area contributed by atoms with Crippen LogP contribution < -0.4 is 5.32 Å². The number of amides is 2. The van der Waals surface area contributed by atoms with Crippen LogP contribution in [0.2, 0.25) is 0 Å². The van der Waals surface area contributed by atoms with E-state index in [1.165, 1.54) is 12.5 Å². The number of rotatable bonds is 11. The van der Waals surface area contributed by atoms with E-state index in [2.05, 4.69) is 25.4 Å². The lowest BCUT2D eigenvalue weighted by atomic mass is 9.87. The highest BCUT2D eigenvalue weighted by molar-refractivity contribution is 6.39. The second-order valence-corrected chi connectivity index (χ2v) is 13.8. The Kier molecular flexibility index (Phi) is 9.79. The van der Waals surface area contributed by atoms with Gasteiger partial charge < -0.3 is 28.6 Å². The zero-order chi connectivity index (χ0) is 34.6. The first-order valence-corrected chi connectivity index (χ1v) is 16.8. The average molecular weight is 671 g/mol. The standard InChI is InChI=1S/C36H42N6O7/c1-23-10-11-24-20-25(12-13-26(24)39-23)30-22-38-32(47-30)27(8-6-5-7-9-29(43)33-37-16-19-46-33)40-31(44)28-21-36(49-41-28)14-17-42(18-15-36)34(45)48-35(2,3)4/h10-13,16,19-20,22,27H,5-9,14-15,17-18,21H2,1-4H3,(H,40,44). The molecule has 1 unspecified atom stereocenters. The number of nitrogens with zero attached hydrogens (tertiary/aromatic N) is 5. The summed E-state index contributed by atoms with van der Waals surface area (Å²) in [6.45, 7) is 8.37. The van der Waals surface area contributed by atoms with E-state index in [9.17, 15) is 14.4 Å². The van der Waals surface area contributed by atoms with Crippen molar-refractivity contribution in [3.05, 3.63) is 66.5 Å². The van der Waals surface area contributed by atoms with Crippen molar-refractivity contribution in [2.75, 3.05) is 13.1 Å². The molecule has 2 aliphatic heterocycles. The Balaban J connectivity index is 1.10. The number of ketones is 1. The Morgan fingerprint density at radius 3 is 2.63 bits per heavy atom. The molecule has 6 rings (SSSR count). The number of benzene rings is 1. The second-order valence-electron chi connectivity index (χ2n) is 13.8. The number of hydrogen-bond acceptors (Lipinski definition) is 11. The van der Waals surface area contributed by atoms with E-state index in [4.69, 9.17) is 18.4 Å². The Morgan fingerprint density at radius 2 is 1.88 bits per heavy atom. The van der Waals surface area contributed by atoms with Crippen molar-refractivity contribution in [1.29, 1.82) is 0 Å². The van der Waals surface area contributed by atoms with Crippen molar-refractivity contribution in [3.8, 4) is 11.3 Å². The number of oxime groups is 1. The molecule has 13 nitrogen and oxygen atoms in total. The summed E-state index contributed by atoms with van der Waals surface area (Å²) in [5.41, 5.74) is 1.75. The van der Waals surface area contributed by atoms with E-state index in [0.29, 0.717) is 69.7 Å². The number of nitrogens with one attached hydrogen (secondary N) is 1. The largest absolute Gasteiger partial charge is 0.444 e. The monoisotopic (exact) mass is 670 g/mol. The molecule has 1 saturated heterocycles. The lowest BCUT2D eigenvalue weighted by molar-refractivity contribution is -0.115. The minimum absolute atomic E-state index is 0.116. The van der Waals surface area contributed by atoms with Crippen LogP contribution in [0.3, 0.4) is 0 Å². The van der Waals surface area contributed by atoms with E-state index < -0.39 is 17.2 Å². The first kappa shape index (κ1) is 33.8. The number of carbonyl (C=O) groups is 3. The molecule has 5 heterocycles. The van der Waals surface area contributed by atoms with Crippen LogP contribution in [0.1, 0.15) is 100 Å². The summed E-state index contributed by atoms with van der Waals surface area (Å²) in [6.07, 6.45) is 8.48. The summed E-state index contributed by atoms with van der Waals surface area (Å²) < 4.78 is 16.9. The number of carbonyl (C=O) groups excluding carboxylic acids is 3. The molecule has 1 aromatic carbocycles. The molecule has 3 aromatic heterocycles.